The van der Waals surface area contributed by atoms with Crippen molar-refractivity contribution in [2.45, 2.75) is 6.92 Å². The van der Waals surface area contributed by atoms with Gasteiger partial charge < -0.3 is 0 Å². The number of nitro groups is 1. The highest BCUT2D eigenvalue weighted by molar-refractivity contribution is 6.33. The van der Waals surface area contributed by atoms with E-state index in [2.05, 4.69) is 4.99 Å². The van der Waals surface area contributed by atoms with Crippen LogP contribution in [0.2, 0.25) is 0 Å². The lowest BCUT2D eigenvalue weighted by molar-refractivity contribution is -0.384. The third kappa shape index (κ3) is 3.82. The van der Waals surface area contributed by atoms with Gasteiger partial charge in [-0.15, -0.1) is 0 Å². The number of aliphatic imine (C=N–C) groups is 1. The maximum Gasteiger partial charge on any atom is 0.296 e. The van der Waals surface area contributed by atoms with E-state index in [-0.39, 0.29) is 22.6 Å². The number of anilines is 1. The fraction of sp³-hybridized carbons (Fsp3) is 0.0741. The molecule has 0 saturated carbocycles. The SMILES string of the molecule is Cc1c(N2C(=O)C(=Cc3cccc([N+](=O)[O-])c3)N=C2c2ccccc2)c(=O)n(-c2ccccc2)n1C. The summed E-state index contributed by atoms with van der Waals surface area (Å²) in [5, 5.41) is 11.2. The van der Waals surface area contributed by atoms with Crippen LogP contribution in [0.1, 0.15) is 16.8 Å². The van der Waals surface area contributed by atoms with Crippen LogP contribution in [-0.2, 0) is 11.8 Å². The summed E-state index contributed by atoms with van der Waals surface area (Å²) in [6, 6.07) is 24.2. The van der Waals surface area contributed by atoms with Gasteiger partial charge in [0, 0.05) is 24.7 Å². The van der Waals surface area contributed by atoms with Crippen LogP contribution in [-0.4, -0.2) is 26.0 Å². The summed E-state index contributed by atoms with van der Waals surface area (Å²) >= 11 is 0. The summed E-state index contributed by atoms with van der Waals surface area (Å²) in [7, 11) is 1.76. The van der Waals surface area contributed by atoms with Crippen LogP contribution in [0.5, 0.6) is 0 Å². The Balaban J connectivity index is 1.69. The Morgan fingerprint density at radius 2 is 1.58 bits per heavy atom. The molecule has 1 aromatic heterocycles. The van der Waals surface area contributed by atoms with Crippen LogP contribution in [0.4, 0.5) is 11.4 Å². The molecule has 5 rings (SSSR count). The van der Waals surface area contributed by atoms with Crippen molar-refractivity contribution in [1.29, 1.82) is 0 Å². The third-order valence-corrected chi connectivity index (χ3v) is 6.02. The molecule has 0 radical (unpaired) electrons. The number of carbonyl (C=O) groups is 1. The normalized spacial score (nSPS) is 14.4. The van der Waals surface area contributed by atoms with E-state index in [1.54, 1.807) is 30.8 Å². The Labute approximate surface area is 206 Å². The van der Waals surface area contributed by atoms with E-state index >= 15 is 0 Å². The average Bonchev–Trinajstić information content (AvgIpc) is 3.32. The molecule has 0 spiro atoms. The second-order valence-electron chi connectivity index (χ2n) is 8.23. The first-order valence-electron chi connectivity index (χ1n) is 11.2. The highest BCUT2D eigenvalue weighted by atomic mass is 16.6. The van der Waals surface area contributed by atoms with Crippen LogP contribution in [0.25, 0.3) is 11.8 Å². The van der Waals surface area contributed by atoms with Crippen LogP contribution < -0.4 is 10.5 Å². The van der Waals surface area contributed by atoms with Crippen LogP contribution in [0, 0.1) is 17.0 Å². The number of amidine groups is 1. The first kappa shape index (κ1) is 22.7. The molecule has 1 aliphatic rings. The second kappa shape index (κ2) is 8.95. The Morgan fingerprint density at radius 1 is 0.917 bits per heavy atom. The zero-order valence-electron chi connectivity index (χ0n) is 19.5. The van der Waals surface area contributed by atoms with Gasteiger partial charge in [0.1, 0.15) is 17.2 Å². The van der Waals surface area contributed by atoms with Crippen molar-refractivity contribution >= 4 is 29.2 Å². The predicted octanol–water partition coefficient (Wildman–Crippen LogP) is 4.23. The maximum absolute atomic E-state index is 13.7. The molecule has 9 nitrogen and oxygen atoms in total. The van der Waals surface area contributed by atoms with Gasteiger partial charge in [0.2, 0.25) is 0 Å². The van der Waals surface area contributed by atoms with E-state index in [1.165, 1.54) is 27.8 Å². The lowest BCUT2D eigenvalue weighted by atomic mass is 10.1. The predicted molar refractivity (Wildman–Crippen MR) is 137 cm³/mol. The Morgan fingerprint density at radius 3 is 2.25 bits per heavy atom. The van der Waals surface area contributed by atoms with Crippen molar-refractivity contribution in [2.24, 2.45) is 12.0 Å². The first-order chi connectivity index (χ1) is 17.4. The molecule has 3 aromatic carbocycles. The Hall–Kier alpha value is -5.05. The molecule has 0 unspecified atom stereocenters. The van der Waals surface area contributed by atoms with Crippen LogP contribution in [0.3, 0.4) is 0 Å². The summed E-state index contributed by atoms with van der Waals surface area (Å²) in [5.41, 5.74) is 2.16. The fourth-order valence-electron chi connectivity index (χ4n) is 4.20. The summed E-state index contributed by atoms with van der Waals surface area (Å²) in [4.78, 5) is 44.0. The monoisotopic (exact) mass is 479 g/mol. The van der Waals surface area contributed by atoms with Crippen molar-refractivity contribution in [1.82, 2.24) is 9.36 Å². The Bertz CT molecular complexity index is 1620. The summed E-state index contributed by atoms with van der Waals surface area (Å²) < 4.78 is 3.20. The molecule has 0 saturated heterocycles. The van der Waals surface area contributed by atoms with Gasteiger partial charge in [-0.2, -0.15) is 0 Å². The Kier molecular flexibility index (Phi) is 5.65. The van der Waals surface area contributed by atoms with Gasteiger partial charge in [0.05, 0.1) is 16.3 Å². The summed E-state index contributed by atoms with van der Waals surface area (Å²) in [5.74, 6) is -0.185. The first-order valence-corrected chi connectivity index (χ1v) is 11.2. The molecule has 0 aliphatic carbocycles. The quantitative estimate of drug-likeness (QED) is 0.243. The molecule has 0 N–H and O–H groups in total. The van der Waals surface area contributed by atoms with Crippen molar-refractivity contribution in [3.63, 3.8) is 0 Å². The number of non-ortho nitro benzene ring substituents is 1. The molecule has 2 heterocycles. The van der Waals surface area contributed by atoms with Crippen molar-refractivity contribution in [3.8, 4) is 5.69 Å². The minimum Gasteiger partial charge on any atom is -0.283 e. The number of rotatable bonds is 5. The summed E-state index contributed by atoms with van der Waals surface area (Å²) in [6.07, 6.45) is 1.49. The van der Waals surface area contributed by atoms with Gasteiger partial charge in [-0.05, 0) is 30.7 Å². The molecular formula is C27H21N5O4. The second-order valence-corrected chi connectivity index (χ2v) is 8.23. The average molecular weight is 479 g/mol. The largest absolute Gasteiger partial charge is 0.296 e. The zero-order valence-corrected chi connectivity index (χ0v) is 19.5. The highest BCUT2D eigenvalue weighted by Crippen LogP contribution is 2.29. The zero-order chi connectivity index (χ0) is 25.4. The van der Waals surface area contributed by atoms with Gasteiger partial charge in [-0.25, -0.2) is 9.67 Å². The number of carbonyl (C=O) groups excluding carboxylic acids is 1. The lowest BCUT2D eigenvalue weighted by Gasteiger charge is -2.17. The van der Waals surface area contributed by atoms with Gasteiger partial charge in [0.15, 0.2) is 0 Å². The smallest absolute Gasteiger partial charge is 0.283 e. The number of hydrogen-bond donors (Lipinski definition) is 0. The van der Waals surface area contributed by atoms with Crippen molar-refractivity contribution in [3.05, 3.63) is 128 Å². The third-order valence-electron chi connectivity index (χ3n) is 6.02. The molecule has 0 fully saturated rings. The number of aromatic nitrogens is 2. The van der Waals surface area contributed by atoms with Gasteiger partial charge >= 0.3 is 0 Å². The standard InChI is InChI=1S/C27H21N5O4/c1-18-24(27(34)31(29(18)2)21-13-7-4-8-14-21)30-25(20-11-5-3-6-12-20)28-23(26(30)33)17-19-10-9-15-22(16-19)32(35)36/h3-17H,1-2H3. The van der Waals surface area contributed by atoms with Crippen molar-refractivity contribution < 1.29 is 9.72 Å². The molecular weight excluding hydrogens is 458 g/mol. The van der Waals surface area contributed by atoms with E-state index in [4.69, 9.17) is 0 Å². The molecule has 1 aliphatic heterocycles. The van der Waals surface area contributed by atoms with Gasteiger partial charge in [-0.1, -0.05) is 60.7 Å². The van der Waals surface area contributed by atoms with Crippen LogP contribution in [0.15, 0.2) is 100 Å². The molecule has 1 amide bonds. The minimum atomic E-state index is -0.497. The minimum absolute atomic E-state index is 0.0725. The lowest BCUT2D eigenvalue weighted by Crippen LogP contribution is -2.36. The molecule has 4 aromatic rings. The van der Waals surface area contributed by atoms with Gasteiger partial charge in [0.25, 0.3) is 17.2 Å². The number of hydrogen-bond acceptors (Lipinski definition) is 5. The molecule has 0 atom stereocenters. The molecule has 9 heteroatoms. The van der Waals surface area contributed by atoms with Crippen LogP contribution >= 0.6 is 0 Å². The van der Waals surface area contributed by atoms with E-state index in [0.717, 1.165) is 0 Å². The number of nitrogens with zero attached hydrogens (tertiary/aromatic N) is 5. The van der Waals surface area contributed by atoms with Crippen molar-refractivity contribution in [2.75, 3.05) is 4.90 Å². The molecule has 0 bridgehead atoms. The number of nitro benzene ring substituents is 1. The highest BCUT2D eigenvalue weighted by Gasteiger charge is 2.37. The number of para-hydroxylation sites is 1. The maximum atomic E-state index is 13.7. The van der Waals surface area contributed by atoms with E-state index in [1.807, 2.05) is 60.7 Å². The fourth-order valence-corrected chi connectivity index (χ4v) is 4.20. The summed E-state index contributed by atoms with van der Waals surface area (Å²) in [6.45, 7) is 1.77. The van der Waals surface area contributed by atoms with Gasteiger partial charge in [-0.3, -0.25) is 29.3 Å². The van der Waals surface area contributed by atoms with E-state index in [9.17, 15) is 19.7 Å². The van der Waals surface area contributed by atoms with E-state index in [0.29, 0.717) is 28.3 Å². The number of amides is 1. The topological polar surface area (TPSA) is 103 Å². The molecule has 36 heavy (non-hydrogen) atoms. The molecule has 178 valence electrons. The van der Waals surface area contributed by atoms with E-state index < -0.39 is 10.8 Å². The number of benzene rings is 3.